The highest BCUT2D eigenvalue weighted by atomic mass is 28.4. The van der Waals surface area contributed by atoms with Crippen LogP contribution in [0.5, 0.6) is 0 Å². The number of amides is 9. The van der Waals surface area contributed by atoms with Crippen molar-refractivity contribution in [3.63, 3.8) is 0 Å². The fourth-order valence-electron chi connectivity index (χ4n) is 19.9. The summed E-state index contributed by atoms with van der Waals surface area (Å²) in [6.07, 6.45) is 48.6. The number of nitrogens with zero attached hydrogens (tertiary/aromatic N) is 4. The minimum atomic E-state index is -2.75. The lowest BCUT2D eigenvalue weighted by atomic mass is 9.77. The minimum absolute atomic E-state index is 0.0409. The van der Waals surface area contributed by atoms with Crippen LogP contribution in [0.1, 0.15) is 368 Å². The molecule has 0 bridgehead atoms. The second-order valence-electron chi connectivity index (χ2n) is 40.4. The third kappa shape index (κ3) is 68.7. The summed E-state index contributed by atoms with van der Waals surface area (Å²) in [4.78, 5) is 121. The fraction of sp³-hybridized carbons (Fsp3) is 0.866. The maximum absolute atomic E-state index is 13.2. The van der Waals surface area contributed by atoms with Gasteiger partial charge in [-0.3, -0.25) is 34.1 Å². The maximum Gasteiger partial charge on any atom is 0.500 e. The van der Waals surface area contributed by atoms with Crippen LogP contribution in [-0.4, -0.2) is 310 Å². The molecule has 3 aliphatic carbocycles. The molecular formula is C112H221N15O18Si3. The molecule has 148 heavy (non-hydrogen) atoms. The molecule has 0 aromatic carbocycles. The Balaban J connectivity index is 0.00000111. The molecule has 0 heterocycles. The van der Waals surface area contributed by atoms with Gasteiger partial charge in [-0.1, -0.05) is 165 Å². The van der Waals surface area contributed by atoms with Crippen LogP contribution >= 0.6 is 0 Å². The first-order valence-electron chi connectivity index (χ1n) is 58.9. The quantitative estimate of drug-likeness (QED) is 0.0117. The zero-order chi connectivity index (χ0) is 110. The monoisotopic (exact) mass is 2150 g/mol. The summed E-state index contributed by atoms with van der Waals surface area (Å²) in [6, 6.07) is 1.39. The second kappa shape index (κ2) is 91.7. The van der Waals surface area contributed by atoms with E-state index in [9.17, 15) is 43.2 Å². The van der Waals surface area contributed by atoms with E-state index in [1.54, 1.807) is 30.6 Å². The van der Waals surface area contributed by atoms with Gasteiger partial charge in [0.1, 0.15) is 17.3 Å². The molecule has 0 fully saturated rings. The third-order valence-corrected chi connectivity index (χ3v) is 37.2. The van der Waals surface area contributed by atoms with E-state index in [4.69, 9.17) is 45.6 Å². The van der Waals surface area contributed by atoms with Crippen molar-refractivity contribution in [2.24, 2.45) is 41.2 Å². The number of carbonyl (C=O) groups is 9. The number of nitrogens with two attached hydrogens (primary N) is 1. The van der Waals surface area contributed by atoms with Gasteiger partial charge in [0, 0.05) is 239 Å². The van der Waals surface area contributed by atoms with Gasteiger partial charge in [-0.15, -0.1) is 0 Å². The van der Waals surface area contributed by atoms with Crippen molar-refractivity contribution in [2.45, 2.75) is 392 Å². The van der Waals surface area contributed by atoms with Crippen LogP contribution in [0.25, 0.3) is 0 Å². The lowest BCUT2D eigenvalue weighted by Gasteiger charge is -2.29. The molecule has 7 atom stereocenters. The Morgan fingerprint density at radius 1 is 0.351 bits per heavy atom. The molecule has 0 aromatic heterocycles. The Kier molecular flexibility index (Phi) is 87.1. The number of Topliss-reactive ketones (excluding diaryl/α,β-unsaturated/α-hetero) is 3. The lowest BCUT2D eigenvalue weighted by molar-refractivity contribution is -0.132. The van der Waals surface area contributed by atoms with Crippen molar-refractivity contribution < 1.29 is 83.0 Å². The summed E-state index contributed by atoms with van der Waals surface area (Å²) in [5, 5.41) is 31.0. The van der Waals surface area contributed by atoms with Crippen molar-refractivity contribution in [1.82, 2.24) is 72.8 Å². The van der Waals surface area contributed by atoms with E-state index in [-0.39, 0.29) is 59.7 Å². The molecule has 36 heteroatoms. The number of allylic oxidation sites excluding steroid dienone is 6. The number of unbranched alkanes of at least 4 members (excludes halogenated alkanes) is 18. The summed E-state index contributed by atoms with van der Waals surface area (Å²) >= 11 is 0. The van der Waals surface area contributed by atoms with Gasteiger partial charge in [0.05, 0.1) is 6.17 Å². The van der Waals surface area contributed by atoms with Crippen LogP contribution in [0, 0.1) is 35.5 Å². The van der Waals surface area contributed by atoms with E-state index in [0.29, 0.717) is 256 Å². The standard InChI is InChI=1S/2C39H77N5O6Si.C34H67N5O6Si/c1-7-11-12-16-20-35-31-36(33-37(32-35)34(5)45)21-17-14-13-15-18-22-38(46)43(26-23-40)28-29-44(27-25-41-6)39(47)42-24-19-30-51(48-8-2,49-9-3)50-10-4;1-7-11-12-16-20-35-31-36(33-37(32-35)34(5)45)21-17-14-13-15-18-22-38(46)42-27-29-44(28-26-41-25-24-40-6)39(47)43-23-19-30-51(48-8-2,49-9-3)50-10-4;1-8-43-46(44-9-2,45-10-3)24-16-19-37-34(42)38-30(6)36-21-23-39(22-20-35-7)33(41)18-15-13-11-12-14-17-31-25-28(4)26-32(27-31)29(5)40/h31,35,37,41H,7-30,32-33,40H2,1-6H3,(H,42,47);31,35,37,40-41H,7-30,32-33H2,1-6H3,(H,42,46)(H,43,47);25,28,30,32,35-36H,8-24,26-27H2,1-7H3,(H2,37,38,42). The molecule has 12 N–H and O–H groups in total. The number of nitrogens with one attached hydrogen (secondary N) is 10. The van der Waals surface area contributed by atoms with Crippen LogP contribution < -0.4 is 58.9 Å². The summed E-state index contributed by atoms with van der Waals surface area (Å²) in [7, 11) is -2.54. The van der Waals surface area contributed by atoms with Gasteiger partial charge in [0.15, 0.2) is 0 Å². The minimum Gasteiger partial charge on any atom is -0.374 e. The predicted molar refractivity (Wildman–Crippen MR) is 609 cm³/mol. The van der Waals surface area contributed by atoms with Crippen LogP contribution in [0.2, 0.25) is 18.1 Å². The van der Waals surface area contributed by atoms with Crippen molar-refractivity contribution >= 4 is 79.6 Å². The number of rotatable bonds is 92. The maximum atomic E-state index is 13.2. The fourth-order valence-corrected chi connectivity index (χ4v) is 27.7. The Morgan fingerprint density at radius 3 is 1.09 bits per heavy atom. The normalized spacial score (nSPS) is 16.5. The summed E-state index contributed by atoms with van der Waals surface area (Å²) in [5.74, 6) is 3.59. The van der Waals surface area contributed by atoms with Gasteiger partial charge in [0.25, 0.3) is 0 Å². The van der Waals surface area contributed by atoms with Crippen molar-refractivity contribution in [3.05, 3.63) is 34.9 Å². The predicted octanol–water partition coefficient (Wildman–Crippen LogP) is 18.3. The van der Waals surface area contributed by atoms with Crippen LogP contribution in [0.3, 0.4) is 0 Å². The van der Waals surface area contributed by atoms with Crippen LogP contribution in [0.15, 0.2) is 34.9 Å². The SMILES string of the molecule is CCCCCCC1C=C(CCCCCCCC(=O)N(CCN)CCN(CCNC)C(=O)NCCC[Si](OCC)(OCC)OCC)CC(C(C)=O)C1.CCCCCCC1C=C(CCCCCCCC(=O)NCCN(CCNCCNC)C(=O)NCCC[Si](OCC)(OCC)OCC)CC(C(C)=O)C1.CCO[Si](CCCNC(=O)NC(C)NCCN(CCNC)C(=O)CCCCCCCC1=CC(C)CC(C(C)=O)C1)(OCC)OCC. The second-order valence-corrected chi connectivity index (χ2v) is 48.6. The number of hydrogen-bond acceptors (Lipinski definition) is 24. The van der Waals surface area contributed by atoms with E-state index in [0.717, 1.165) is 174 Å². The first-order chi connectivity index (χ1) is 71.5. The molecule has 0 aromatic rings. The van der Waals surface area contributed by atoms with E-state index in [2.05, 4.69) is 92.2 Å². The topological polar surface area (TPSA) is 396 Å². The van der Waals surface area contributed by atoms with Gasteiger partial charge >= 0.3 is 44.5 Å². The Bertz CT molecular complexity index is 3460. The third-order valence-electron chi connectivity index (χ3n) is 27.8. The van der Waals surface area contributed by atoms with E-state index >= 15 is 0 Å². The van der Waals surface area contributed by atoms with Crippen LogP contribution in [-0.2, 0) is 68.6 Å². The van der Waals surface area contributed by atoms with Gasteiger partial charge in [-0.05, 0) is 257 Å². The van der Waals surface area contributed by atoms with Gasteiger partial charge in [-0.25, -0.2) is 14.4 Å². The first-order valence-corrected chi connectivity index (χ1v) is 64.7. The highest BCUT2D eigenvalue weighted by Gasteiger charge is 2.43. The molecule has 864 valence electrons. The summed E-state index contributed by atoms with van der Waals surface area (Å²) < 4.78 is 53.2. The highest BCUT2D eigenvalue weighted by molar-refractivity contribution is 6.61. The molecule has 0 saturated heterocycles. The van der Waals surface area contributed by atoms with Gasteiger partial charge in [-0.2, -0.15) is 0 Å². The molecule has 7 unspecified atom stereocenters. The largest absolute Gasteiger partial charge is 0.500 e. The number of urea groups is 3. The Hall–Kier alpha value is -5.50. The Labute approximate surface area is 903 Å². The number of likely N-dealkylation sites (N-methyl/N-ethyl adjacent to an activating group) is 3. The van der Waals surface area contributed by atoms with Crippen LogP contribution in [0.4, 0.5) is 14.4 Å². The number of hydrogen-bond donors (Lipinski definition) is 11. The lowest BCUT2D eigenvalue weighted by Crippen LogP contribution is -2.50. The molecule has 0 radical (unpaired) electrons. The molecule has 9 amide bonds. The van der Waals surface area contributed by atoms with E-state index in [1.165, 1.54) is 80.9 Å². The van der Waals surface area contributed by atoms with Crippen molar-refractivity contribution in [1.29, 1.82) is 0 Å². The van der Waals surface area contributed by atoms with Gasteiger partial charge in [0.2, 0.25) is 17.7 Å². The average molecular weight is 2150 g/mol. The zero-order valence-electron chi connectivity index (χ0n) is 97.2. The molecular weight excluding hydrogens is 1930 g/mol. The van der Waals surface area contributed by atoms with Crippen molar-refractivity contribution in [2.75, 3.05) is 205 Å². The smallest absolute Gasteiger partial charge is 0.374 e. The summed E-state index contributed by atoms with van der Waals surface area (Å²) in [6.45, 7) is 46.8. The number of ketones is 3. The molecule has 3 rings (SSSR count). The molecule has 0 spiro atoms. The molecule has 0 aliphatic heterocycles. The average Bonchev–Trinajstić information content (AvgIpc) is 0.856. The molecule has 33 nitrogen and oxygen atoms in total. The number of carbonyl (C=O) groups excluding carboxylic acids is 9. The zero-order valence-corrected chi connectivity index (χ0v) is 100. The first kappa shape index (κ1) is 141. The Morgan fingerprint density at radius 2 is 0.689 bits per heavy atom. The summed E-state index contributed by atoms with van der Waals surface area (Å²) in [5.41, 5.74) is 10.3. The van der Waals surface area contributed by atoms with E-state index in [1.807, 2.05) is 100 Å². The van der Waals surface area contributed by atoms with E-state index < -0.39 is 26.4 Å². The molecule has 3 aliphatic rings. The highest BCUT2D eigenvalue weighted by Crippen LogP contribution is 2.38. The van der Waals surface area contributed by atoms with Gasteiger partial charge < -0.3 is 113 Å². The molecule has 0 saturated carbocycles. The van der Waals surface area contributed by atoms with Crippen molar-refractivity contribution in [3.8, 4) is 0 Å².